The van der Waals surface area contributed by atoms with E-state index in [1.807, 2.05) is 72.5 Å². The van der Waals surface area contributed by atoms with Gasteiger partial charge in [0.1, 0.15) is 6.10 Å². The minimum absolute atomic E-state index is 0.0572. The molecule has 27 heavy (non-hydrogen) atoms. The number of carbonyl (C=O) groups is 1. The first kappa shape index (κ1) is 17.9. The first-order valence-corrected chi connectivity index (χ1v) is 9.69. The molecular formula is C21H20BrN3O2. The number of nitrogens with zero attached hydrogens (tertiary/aromatic N) is 3. The van der Waals surface area contributed by atoms with Crippen LogP contribution in [-0.4, -0.2) is 40.3 Å². The number of rotatable bonds is 3. The number of aryl methyl sites for hydroxylation is 1. The van der Waals surface area contributed by atoms with Gasteiger partial charge in [0, 0.05) is 16.7 Å². The van der Waals surface area contributed by atoms with Gasteiger partial charge in [0.2, 0.25) is 0 Å². The number of morpholine rings is 1. The number of carbonyl (C=O) groups excluding carboxylic acids is 1. The van der Waals surface area contributed by atoms with Crippen molar-refractivity contribution < 1.29 is 9.53 Å². The molecule has 5 nitrogen and oxygen atoms in total. The van der Waals surface area contributed by atoms with Gasteiger partial charge >= 0.3 is 0 Å². The normalized spacial score (nSPS) is 17.1. The topological polar surface area (TPSA) is 47.4 Å². The lowest BCUT2D eigenvalue weighted by atomic mass is 10.1. The van der Waals surface area contributed by atoms with Gasteiger partial charge in [-0.1, -0.05) is 46.3 Å². The Morgan fingerprint density at radius 1 is 1.15 bits per heavy atom. The molecule has 4 rings (SSSR count). The van der Waals surface area contributed by atoms with E-state index in [1.165, 1.54) is 0 Å². The summed E-state index contributed by atoms with van der Waals surface area (Å²) in [6.07, 6.45) is -0.117. The Hall–Kier alpha value is -2.44. The number of benzene rings is 2. The fraction of sp³-hybridized carbons (Fsp3) is 0.238. The van der Waals surface area contributed by atoms with Crippen LogP contribution in [0.2, 0.25) is 0 Å². The smallest absolute Gasteiger partial charge is 0.274 e. The lowest BCUT2D eigenvalue weighted by Crippen LogP contribution is -2.42. The number of hydrogen-bond acceptors (Lipinski definition) is 3. The molecule has 0 saturated carbocycles. The van der Waals surface area contributed by atoms with E-state index in [-0.39, 0.29) is 12.0 Å². The second kappa shape index (κ2) is 7.66. The molecule has 0 radical (unpaired) electrons. The quantitative estimate of drug-likeness (QED) is 0.632. The summed E-state index contributed by atoms with van der Waals surface area (Å²) in [7, 11) is 0. The van der Waals surface area contributed by atoms with E-state index in [9.17, 15) is 4.79 Å². The molecule has 6 heteroatoms. The van der Waals surface area contributed by atoms with Gasteiger partial charge in [-0.3, -0.25) is 4.79 Å². The summed E-state index contributed by atoms with van der Waals surface area (Å²) in [5.74, 6) is -0.0572. The molecule has 3 aromatic rings. The number of hydrogen-bond donors (Lipinski definition) is 0. The Kier molecular flexibility index (Phi) is 5.09. The van der Waals surface area contributed by atoms with E-state index in [0.29, 0.717) is 25.4 Å². The molecule has 1 unspecified atom stereocenters. The van der Waals surface area contributed by atoms with Crippen LogP contribution in [0, 0.1) is 6.92 Å². The van der Waals surface area contributed by atoms with Crippen molar-refractivity contribution in [1.82, 2.24) is 14.7 Å². The van der Waals surface area contributed by atoms with Crippen LogP contribution >= 0.6 is 15.9 Å². The number of halogens is 1. The molecule has 2 heterocycles. The van der Waals surface area contributed by atoms with Gasteiger partial charge in [-0.05, 0) is 42.8 Å². The predicted molar refractivity (Wildman–Crippen MR) is 107 cm³/mol. The number of aromatic nitrogens is 2. The van der Waals surface area contributed by atoms with Crippen molar-refractivity contribution in [2.45, 2.75) is 13.0 Å². The molecule has 1 aliphatic rings. The molecule has 1 aromatic heterocycles. The highest BCUT2D eigenvalue weighted by Crippen LogP contribution is 2.25. The molecule has 1 aliphatic heterocycles. The van der Waals surface area contributed by atoms with Crippen LogP contribution < -0.4 is 0 Å². The van der Waals surface area contributed by atoms with Crippen molar-refractivity contribution >= 4 is 21.8 Å². The molecule has 0 N–H and O–H groups in total. The van der Waals surface area contributed by atoms with Gasteiger partial charge in [0.15, 0.2) is 5.69 Å². The maximum atomic E-state index is 13.0. The Morgan fingerprint density at radius 2 is 1.89 bits per heavy atom. The fourth-order valence-electron chi connectivity index (χ4n) is 3.28. The number of para-hydroxylation sites is 1. The van der Waals surface area contributed by atoms with Crippen molar-refractivity contribution in [1.29, 1.82) is 0 Å². The number of amides is 1. The van der Waals surface area contributed by atoms with Crippen molar-refractivity contribution in [2.75, 3.05) is 19.7 Å². The van der Waals surface area contributed by atoms with E-state index in [0.717, 1.165) is 21.4 Å². The third-order valence-corrected chi connectivity index (χ3v) is 5.23. The van der Waals surface area contributed by atoms with Crippen molar-refractivity contribution in [2.24, 2.45) is 0 Å². The Balaban J connectivity index is 1.53. The summed E-state index contributed by atoms with van der Waals surface area (Å²) in [4.78, 5) is 14.8. The third-order valence-electron chi connectivity index (χ3n) is 4.70. The second-order valence-electron chi connectivity index (χ2n) is 6.58. The Labute approximate surface area is 166 Å². The summed E-state index contributed by atoms with van der Waals surface area (Å²) in [5, 5.41) is 4.54. The summed E-state index contributed by atoms with van der Waals surface area (Å²) in [6, 6.07) is 19.7. The highest BCUT2D eigenvalue weighted by molar-refractivity contribution is 9.10. The van der Waals surface area contributed by atoms with Crippen LogP contribution in [0.4, 0.5) is 0 Å². The number of ether oxygens (including phenoxy) is 1. The minimum atomic E-state index is -0.117. The predicted octanol–water partition coefficient (Wildman–Crippen LogP) is 4.16. The first-order chi connectivity index (χ1) is 13.1. The zero-order chi connectivity index (χ0) is 18.8. The van der Waals surface area contributed by atoms with Crippen molar-refractivity contribution in [3.63, 3.8) is 0 Å². The van der Waals surface area contributed by atoms with Crippen LogP contribution in [-0.2, 0) is 4.74 Å². The highest BCUT2D eigenvalue weighted by atomic mass is 79.9. The van der Waals surface area contributed by atoms with Crippen molar-refractivity contribution in [3.05, 3.63) is 82.1 Å². The zero-order valence-corrected chi connectivity index (χ0v) is 16.6. The maximum absolute atomic E-state index is 13.0. The Bertz CT molecular complexity index is 938. The summed E-state index contributed by atoms with van der Waals surface area (Å²) < 4.78 is 8.71. The average Bonchev–Trinajstić information content (AvgIpc) is 3.10. The molecule has 2 aromatic carbocycles. The molecule has 0 aliphatic carbocycles. The second-order valence-corrected chi connectivity index (χ2v) is 7.50. The van der Waals surface area contributed by atoms with Crippen LogP contribution in [0.3, 0.4) is 0 Å². The third kappa shape index (κ3) is 3.82. The molecule has 1 saturated heterocycles. The molecular weight excluding hydrogens is 406 g/mol. The molecule has 1 amide bonds. The minimum Gasteiger partial charge on any atom is -0.370 e. The highest BCUT2D eigenvalue weighted by Gasteiger charge is 2.27. The van der Waals surface area contributed by atoms with Gasteiger partial charge in [-0.2, -0.15) is 5.10 Å². The summed E-state index contributed by atoms with van der Waals surface area (Å²) in [5.41, 5.74) is 3.42. The lowest BCUT2D eigenvalue weighted by molar-refractivity contribution is -0.0230. The SMILES string of the molecule is Cc1cc(C(=O)N2CCOC(c3ccc(Br)cc3)C2)nn1-c1ccccc1. The van der Waals surface area contributed by atoms with Crippen LogP contribution in [0.1, 0.15) is 27.8 Å². The van der Waals surface area contributed by atoms with E-state index in [4.69, 9.17) is 4.74 Å². The van der Waals surface area contributed by atoms with Crippen LogP contribution in [0.5, 0.6) is 0 Å². The van der Waals surface area contributed by atoms with Crippen LogP contribution in [0.25, 0.3) is 5.69 Å². The van der Waals surface area contributed by atoms with Gasteiger partial charge in [-0.25, -0.2) is 4.68 Å². The largest absolute Gasteiger partial charge is 0.370 e. The maximum Gasteiger partial charge on any atom is 0.274 e. The van der Waals surface area contributed by atoms with E-state index in [1.54, 1.807) is 4.68 Å². The summed E-state index contributed by atoms with van der Waals surface area (Å²) in [6.45, 7) is 3.58. The molecule has 1 atom stereocenters. The monoisotopic (exact) mass is 425 g/mol. The van der Waals surface area contributed by atoms with Crippen LogP contribution in [0.15, 0.2) is 65.1 Å². The molecule has 0 spiro atoms. The van der Waals surface area contributed by atoms with Gasteiger partial charge in [0.05, 0.1) is 18.8 Å². The van der Waals surface area contributed by atoms with Gasteiger partial charge in [-0.15, -0.1) is 0 Å². The Morgan fingerprint density at radius 3 is 2.63 bits per heavy atom. The standard InChI is InChI=1S/C21H20BrN3O2/c1-15-13-19(23-25(15)18-5-3-2-4-6-18)21(26)24-11-12-27-20(14-24)16-7-9-17(22)10-8-16/h2-10,13,20H,11-12,14H2,1H3. The summed E-state index contributed by atoms with van der Waals surface area (Å²) >= 11 is 3.45. The van der Waals surface area contributed by atoms with E-state index < -0.39 is 0 Å². The molecule has 138 valence electrons. The molecule has 1 fully saturated rings. The van der Waals surface area contributed by atoms with Gasteiger partial charge < -0.3 is 9.64 Å². The first-order valence-electron chi connectivity index (χ1n) is 8.90. The van der Waals surface area contributed by atoms with E-state index >= 15 is 0 Å². The fourth-order valence-corrected chi connectivity index (χ4v) is 3.55. The molecule has 0 bridgehead atoms. The zero-order valence-electron chi connectivity index (χ0n) is 15.0. The van der Waals surface area contributed by atoms with Crippen molar-refractivity contribution in [3.8, 4) is 5.69 Å². The van der Waals surface area contributed by atoms with Gasteiger partial charge in [0.25, 0.3) is 5.91 Å². The lowest BCUT2D eigenvalue weighted by Gasteiger charge is -2.32. The average molecular weight is 426 g/mol. The van der Waals surface area contributed by atoms with E-state index in [2.05, 4.69) is 21.0 Å².